The zero-order chi connectivity index (χ0) is 12.1. The molecule has 1 aliphatic rings. The van der Waals surface area contributed by atoms with E-state index >= 15 is 0 Å². The van der Waals surface area contributed by atoms with Gasteiger partial charge in [-0.15, -0.1) is 0 Å². The third-order valence-corrected chi connectivity index (χ3v) is 2.57. The van der Waals surface area contributed by atoms with E-state index in [0.717, 1.165) is 13.0 Å². The Morgan fingerprint density at radius 1 is 1.71 bits per heavy atom. The van der Waals surface area contributed by atoms with Crippen molar-refractivity contribution >= 4 is 5.91 Å². The third kappa shape index (κ3) is 3.26. The molecule has 7 heteroatoms. The van der Waals surface area contributed by atoms with Crippen molar-refractivity contribution in [3.8, 4) is 0 Å². The van der Waals surface area contributed by atoms with Gasteiger partial charge in [-0.05, 0) is 6.42 Å². The average molecular weight is 242 g/mol. The zero-order valence-electron chi connectivity index (χ0n) is 9.22. The van der Waals surface area contributed by atoms with Crippen molar-refractivity contribution in [2.75, 3.05) is 19.8 Å². The predicted molar refractivity (Wildman–Crippen MR) is 55.2 cm³/mol. The Bertz CT molecular complexity index is 373. The summed E-state index contributed by atoms with van der Waals surface area (Å²) < 4.78 is 9.98. The van der Waals surface area contributed by atoms with Crippen molar-refractivity contribution in [1.29, 1.82) is 0 Å². The molecule has 1 unspecified atom stereocenters. The molecule has 1 saturated heterocycles. The molecule has 0 saturated carbocycles. The van der Waals surface area contributed by atoms with Crippen molar-refractivity contribution in [2.45, 2.75) is 13.0 Å². The summed E-state index contributed by atoms with van der Waals surface area (Å²) in [4.78, 5) is 15.5. The van der Waals surface area contributed by atoms with Crippen LogP contribution in [0.5, 0.6) is 0 Å². The second kappa shape index (κ2) is 5.76. The minimum absolute atomic E-state index is 0.128. The van der Waals surface area contributed by atoms with Gasteiger partial charge in [0, 0.05) is 25.1 Å². The SMILES string of the molecule is O=C(NCC1CCOC1)c1cc(COO)on1. The van der Waals surface area contributed by atoms with Crippen molar-refractivity contribution in [3.05, 3.63) is 17.5 Å². The lowest BCUT2D eigenvalue weighted by atomic mass is 10.1. The fraction of sp³-hybridized carbons (Fsp3) is 0.600. The monoisotopic (exact) mass is 242 g/mol. The van der Waals surface area contributed by atoms with Crippen LogP contribution in [0, 0.1) is 5.92 Å². The molecule has 2 heterocycles. The molecule has 1 atom stereocenters. The van der Waals surface area contributed by atoms with E-state index in [1.807, 2.05) is 0 Å². The van der Waals surface area contributed by atoms with Crippen molar-refractivity contribution < 1.29 is 24.2 Å². The van der Waals surface area contributed by atoms with E-state index in [9.17, 15) is 4.79 Å². The Hall–Kier alpha value is -1.44. The van der Waals surface area contributed by atoms with Crippen LogP contribution in [0.25, 0.3) is 0 Å². The van der Waals surface area contributed by atoms with Gasteiger partial charge in [0.2, 0.25) is 0 Å². The second-order valence-corrected chi connectivity index (χ2v) is 3.89. The van der Waals surface area contributed by atoms with E-state index in [-0.39, 0.29) is 18.2 Å². The minimum Gasteiger partial charge on any atom is -0.381 e. The standard InChI is InChI=1S/C10H14N2O5/c13-10(11-4-7-1-2-15-5-7)9-3-8(6-16-14)17-12-9/h3,7,14H,1-2,4-6H2,(H,11,13). The lowest BCUT2D eigenvalue weighted by molar-refractivity contribution is -0.256. The normalized spacial score (nSPS) is 19.5. The first kappa shape index (κ1) is 12.0. The van der Waals surface area contributed by atoms with Crippen LogP contribution in [0.4, 0.5) is 0 Å². The van der Waals surface area contributed by atoms with Gasteiger partial charge < -0.3 is 14.6 Å². The number of rotatable bonds is 5. The summed E-state index contributed by atoms with van der Waals surface area (Å²) in [7, 11) is 0. The van der Waals surface area contributed by atoms with Crippen LogP contribution in [0.2, 0.25) is 0 Å². The van der Waals surface area contributed by atoms with Crippen LogP contribution in [-0.4, -0.2) is 36.1 Å². The molecule has 2 rings (SSSR count). The molecule has 1 aromatic heterocycles. The van der Waals surface area contributed by atoms with Gasteiger partial charge in [0.05, 0.1) is 6.61 Å². The molecule has 1 amide bonds. The van der Waals surface area contributed by atoms with E-state index in [0.29, 0.717) is 24.8 Å². The highest BCUT2D eigenvalue weighted by atomic mass is 17.1. The number of hydrogen-bond donors (Lipinski definition) is 2. The number of nitrogens with one attached hydrogen (secondary N) is 1. The quantitative estimate of drug-likeness (QED) is 0.574. The van der Waals surface area contributed by atoms with Gasteiger partial charge in [0.25, 0.3) is 5.91 Å². The van der Waals surface area contributed by atoms with Gasteiger partial charge in [-0.1, -0.05) is 5.16 Å². The first-order chi connectivity index (χ1) is 8.29. The first-order valence-electron chi connectivity index (χ1n) is 5.37. The lowest BCUT2D eigenvalue weighted by Gasteiger charge is -2.07. The van der Waals surface area contributed by atoms with Crippen LogP contribution >= 0.6 is 0 Å². The van der Waals surface area contributed by atoms with Gasteiger partial charge >= 0.3 is 0 Å². The van der Waals surface area contributed by atoms with Crippen molar-refractivity contribution in [3.63, 3.8) is 0 Å². The topological polar surface area (TPSA) is 93.8 Å². The van der Waals surface area contributed by atoms with E-state index in [4.69, 9.17) is 14.5 Å². The van der Waals surface area contributed by atoms with Gasteiger partial charge in [-0.25, -0.2) is 4.89 Å². The smallest absolute Gasteiger partial charge is 0.273 e. The Balaban J connectivity index is 1.81. The highest BCUT2D eigenvalue weighted by Gasteiger charge is 2.18. The summed E-state index contributed by atoms with van der Waals surface area (Å²) in [6.07, 6.45) is 0.961. The average Bonchev–Trinajstić information content (AvgIpc) is 2.97. The number of aromatic nitrogens is 1. The molecular weight excluding hydrogens is 228 g/mol. The summed E-state index contributed by atoms with van der Waals surface area (Å²) in [5.74, 6) is 0.359. The van der Waals surface area contributed by atoms with Crippen LogP contribution in [-0.2, 0) is 16.2 Å². The van der Waals surface area contributed by atoms with Crippen LogP contribution in [0.15, 0.2) is 10.6 Å². The Kier molecular flexibility index (Phi) is 4.08. The molecule has 0 radical (unpaired) electrons. The molecule has 94 valence electrons. The molecule has 7 nitrogen and oxygen atoms in total. The Morgan fingerprint density at radius 3 is 3.29 bits per heavy atom. The predicted octanol–water partition coefficient (Wildman–Crippen LogP) is 0.430. The van der Waals surface area contributed by atoms with Crippen molar-refractivity contribution in [1.82, 2.24) is 10.5 Å². The third-order valence-electron chi connectivity index (χ3n) is 2.57. The number of hydrogen-bond acceptors (Lipinski definition) is 6. The van der Waals surface area contributed by atoms with Gasteiger partial charge in [0.1, 0.15) is 6.61 Å². The fourth-order valence-corrected chi connectivity index (χ4v) is 1.62. The summed E-state index contributed by atoms with van der Waals surface area (Å²) in [6.45, 7) is 1.87. The number of amides is 1. The maximum atomic E-state index is 11.6. The molecule has 2 N–H and O–H groups in total. The minimum atomic E-state index is -0.301. The van der Waals surface area contributed by atoms with E-state index in [2.05, 4.69) is 15.4 Å². The highest BCUT2D eigenvalue weighted by Crippen LogP contribution is 2.11. The van der Waals surface area contributed by atoms with Crippen LogP contribution in [0.3, 0.4) is 0 Å². The molecular formula is C10H14N2O5. The molecule has 0 spiro atoms. The van der Waals surface area contributed by atoms with Gasteiger partial charge in [0.15, 0.2) is 11.5 Å². The molecule has 1 fully saturated rings. The van der Waals surface area contributed by atoms with Crippen LogP contribution in [0.1, 0.15) is 22.7 Å². The molecule has 1 aliphatic heterocycles. The highest BCUT2D eigenvalue weighted by molar-refractivity contribution is 5.92. The summed E-state index contributed by atoms with van der Waals surface area (Å²) in [5, 5.41) is 14.5. The zero-order valence-corrected chi connectivity index (χ0v) is 9.22. The van der Waals surface area contributed by atoms with E-state index < -0.39 is 0 Å². The number of nitrogens with zero attached hydrogens (tertiary/aromatic N) is 1. The molecule has 1 aromatic rings. The number of carbonyl (C=O) groups excluding carboxylic acids is 1. The van der Waals surface area contributed by atoms with E-state index in [1.54, 1.807) is 0 Å². The van der Waals surface area contributed by atoms with E-state index in [1.165, 1.54) is 6.07 Å². The molecule has 0 aliphatic carbocycles. The second-order valence-electron chi connectivity index (χ2n) is 3.89. The Morgan fingerprint density at radius 2 is 2.59 bits per heavy atom. The first-order valence-corrected chi connectivity index (χ1v) is 5.37. The lowest BCUT2D eigenvalue weighted by Crippen LogP contribution is -2.29. The maximum absolute atomic E-state index is 11.6. The molecule has 0 aromatic carbocycles. The van der Waals surface area contributed by atoms with Crippen molar-refractivity contribution in [2.24, 2.45) is 5.92 Å². The summed E-state index contributed by atoms with van der Waals surface area (Å²) in [6, 6.07) is 1.43. The molecule has 0 bridgehead atoms. The molecule has 17 heavy (non-hydrogen) atoms. The Labute approximate surface area is 97.6 Å². The summed E-state index contributed by atoms with van der Waals surface area (Å²) >= 11 is 0. The van der Waals surface area contributed by atoms with Gasteiger partial charge in [-0.3, -0.25) is 10.1 Å². The fourth-order valence-electron chi connectivity index (χ4n) is 1.62. The number of ether oxygens (including phenoxy) is 1. The number of carbonyl (C=O) groups is 1. The maximum Gasteiger partial charge on any atom is 0.273 e. The summed E-state index contributed by atoms with van der Waals surface area (Å²) in [5.41, 5.74) is 0.177. The van der Waals surface area contributed by atoms with Crippen LogP contribution < -0.4 is 5.32 Å². The van der Waals surface area contributed by atoms with Gasteiger partial charge in [-0.2, -0.15) is 0 Å². The largest absolute Gasteiger partial charge is 0.381 e.